The number of ketones is 2. The Morgan fingerprint density at radius 2 is 1.67 bits per heavy atom. The number of hydrogen-bond acceptors (Lipinski definition) is 9. The van der Waals surface area contributed by atoms with E-state index in [4.69, 9.17) is 11.5 Å². The van der Waals surface area contributed by atoms with Gasteiger partial charge in [0.25, 0.3) is 5.91 Å². The number of nitrogens with one attached hydrogen (secondary N) is 1. The van der Waals surface area contributed by atoms with Crippen molar-refractivity contribution >= 4 is 29.1 Å². The van der Waals surface area contributed by atoms with E-state index in [9.17, 15) is 34.5 Å². The molecule has 0 saturated heterocycles. The van der Waals surface area contributed by atoms with Crippen LogP contribution in [0.3, 0.4) is 0 Å². The molecule has 3 unspecified atom stereocenters. The van der Waals surface area contributed by atoms with Gasteiger partial charge in [0.15, 0.2) is 11.6 Å². The highest BCUT2D eigenvalue weighted by Crippen LogP contribution is 2.51. The van der Waals surface area contributed by atoms with Crippen LogP contribution in [0.5, 0.6) is 5.75 Å². The van der Waals surface area contributed by atoms with Crippen LogP contribution < -0.4 is 16.8 Å². The van der Waals surface area contributed by atoms with Crippen LogP contribution in [0.15, 0.2) is 59.1 Å². The largest absolute Gasteiger partial charge is 0.511 e. The van der Waals surface area contributed by atoms with E-state index in [0.29, 0.717) is 16.8 Å². The highest BCUT2D eigenvalue weighted by molar-refractivity contribution is 6.22. The zero-order chi connectivity index (χ0) is 31.5. The fourth-order valence-corrected chi connectivity index (χ4v) is 6.89. The third kappa shape index (κ3) is 5.19. The van der Waals surface area contributed by atoms with E-state index in [1.165, 1.54) is 6.07 Å². The molecule has 0 fully saturated rings. The van der Waals surface area contributed by atoms with Gasteiger partial charge in [0.1, 0.15) is 22.8 Å². The quantitative estimate of drug-likeness (QED) is 0.275. The van der Waals surface area contributed by atoms with Crippen molar-refractivity contribution in [1.29, 1.82) is 0 Å². The molecule has 11 heteroatoms. The molecular formula is C32H36N4O7. The molecule has 0 saturated carbocycles. The summed E-state index contributed by atoms with van der Waals surface area (Å²) in [5.41, 5.74) is 12.8. The van der Waals surface area contributed by atoms with Crippen molar-refractivity contribution in [3.63, 3.8) is 0 Å². The van der Waals surface area contributed by atoms with Gasteiger partial charge in [-0.2, -0.15) is 0 Å². The first-order chi connectivity index (χ1) is 20.1. The second kappa shape index (κ2) is 10.7. The SMILES string of the molecule is CN(C)[C@@H]1C(O)=C(C(N)=O)C(=O)C2C(O)=C3C(=O)c4c(O)ccc(-c5ccc(NC(=O)CC(C)(C)N)cc5)c4CC3CC21. The van der Waals surface area contributed by atoms with Gasteiger partial charge in [-0.05, 0) is 87.5 Å². The monoisotopic (exact) mass is 588 g/mol. The average Bonchev–Trinajstić information content (AvgIpc) is 2.87. The molecule has 0 aliphatic heterocycles. The molecule has 2 aromatic carbocycles. The molecule has 3 aliphatic carbocycles. The van der Waals surface area contributed by atoms with Crippen molar-refractivity contribution in [2.24, 2.45) is 29.2 Å². The number of hydrogen-bond donors (Lipinski definition) is 6. The summed E-state index contributed by atoms with van der Waals surface area (Å²) in [4.78, 5) is 53.4. The third-order valence-corrected chi connectivity index (χ3v) is 8.55. The van der Waals surface area contributed by atoms with Gasteiger partial charge in [-0.1, -0.05) is 18.2 Å². The zero-order valence-corrected chi connectivity index (χ0v) is 24.5. The second-order valence-electron chi connectivity index (χ2n) is 12.6. The molecule has 43 heavy (non-hydrogen) atoms. The number of likely N-dealkylation sites (N-methyl/N-ethyl adjacent to an activating group) is 1. The smallest absolute Gasteiger partial charge is 0.255 e. The number of aliphatic hydroxyl groups is 2. The van der Waals surface area contributed by atoms with Crippen LogP contribution in [0.2, 0.25) is 0 Å². The summed E-state index contributed by atoms with van der Waals surface area (Å²) in [6, 6.07) is 9.42. The first-order valence-electron chi connectivity index (χ1n) is 14.1. The van der Waals surface area contributed by atoms with Crippen LogP contribution in [0.1, 0.15) is 42.6 Å². The van der Waals surface area contributed by atoms with Crippen LogP contribution >= 0.6 is 0 Å². The van der Waals surface area contributed by atoms with Crippen molar-refractivity contribution in [2.45, 2.75) is 44.7 Å². The standard InChI is InChI=1S/C32H36N4O7/c1-32(2,34)13-21(38)35-16-7-5-14(6-8-16)17-9-10-20(37)23-18(17)11-15-12-19-24(28(40)22(15)27(23)39)29(41)25(31(33)43)30(42)26(19)36(3)4/h5-10,15,19,24,26,37,40,42H,11-13,34H2,1-4H3,(H2,33,43)(H,35,38)/t15?,19?,24?,26-/m0/s1. The lowest BCUT2D eigenvalue weighted by molar-refractivity contribution is -0.127. The van der Waals surface area contributed by atoms with Crippen molar-refractivity contribution in [3.05, 3.63) is 70.2 Å². The highest BCUT2D eigenvalue weighted by Gasteiger charge is 2.54. The van der Waals surface area contributed by atoms with Crippen molar-refractivity contribution in [3.8, 4) is 16.9 Å². The number of benzene rings is 2. The number of anilines is 1. The molecule has 0 radical (unpaired) electrons. The van der Waals surface area contributed by atoms with Gasteiger partial charge in [-0.15, -0.1) is 0 Å². The maximum absolute atomic E-state index is 13.9. The first kappa shape index (κ1) is 30.0. The number of allylic oxidation sites excluding steroid dienone is 2. The maximum Gasteiger partial charge on any atom is 0.255 e. The summed E-state index contributed by atoms with van der Waals surface area (Å²) in [6.07, 6.45) is 0.683. The second-order valence-corrected chi connectivity index (χ2v) is 12.6. The molecule has 0 bridgehead atoms. The van der Waals surface area contributed by atoms with Crippen molar-refractivity contribution in [1.82, 2.24) is 4.90 Å². The summed E-state index contributed by atoms with van der Waals surface area (Å²) in [7, 11) is 3.37. The lowest BCUT2D eigenvalue weighted by Crippen LogP contribution is -2.53. The number of phenols is 1. The predicted octanol–water partition coefficient (Wildman–Crippen LogP) is 2.74. The summed E-state index contributed by atoms with van der Waals surface area (Å²) in [6.45, 7) is 3.53. The van der Waals surface area contributed by atoms with Gasteiger partial charge in [-0.3, -0.25) is 24.1 Å². The van der Waals surface area contributed by atoms with E-state index in [1.807, 2.05) is 0 Å². The van der Waals surface area contributed by atoms with Crippen LogP contribution in [0, 0.1) is 17.8 Å². The molecule has 2 aromatic rings. The van der Waals surface area contributed by atoms with E-state index in [2.05, 4.69) is 5.32 Å². The van der Waals surface area contributed by atoms with Crippen molar-refractivity contribution in [2.75, 3.05) is 19.4 Å². The number of nitrogens with zero attached hydrogens (tertiary/aromatic N) is 1. The molecular weight excluding hydrogens is 552 g/mol. The van der Waals surface area contributed by atoms with Gasteiger partial charge in [0.2, 0.25) is 5.91 Å². The fourth-order valence-electron chi connectivity index (χ4n) is 6.89. The molecule has 226 valence electrons. The van der Waals surface area contributed by atoms with E-state index in [0.717, 1.165) is 5.56 Å². The van der Waals surface area contributed by atoms with Crippen LogP contribution in [0.25, 0.3) is 11.1 Å². The molecule has 0 spiro atoms. The normalized spacial score (nSPS) is 23.6. The topological polar surface area (TPSA) is 196 Å². The summed E-state index contributed by atoms with van der Waals surface area (Å²) in [5.74, 6) is -6.27. The molecule has 4 atom stereocenters. The van der Waals surface area contributed by atoms with E-state index in [-0.39, 0.29) is 42.1 Å². The molecule has 0 heterocycles. The Morgan fingerprint density at radius 1 is 1.02 bits per heavy atom. The first-order valence-corrected chi connectivity index (χ1v) is 14.1. The molecule has 11 nitrogen and oxygen atoms in total. The number of primary amides is 1. The number of carbonyl (C=O) groups excluding carboxylic acids is 4. The number of fused-ring (bicyclic) bond motifs is 3. The number of nitrogens with two attached hydrogens (primary N) is 2. The predicted molar refractivity (Wildman–Crippen MR) is 159 cm³/mol. The minimum absolute atomic E-state index is 0.0261. The minimum Gasteiger partial charge on any atom is -0.511 e. The van der Waals surface area contributed by atoms with E-state index >= 15 is 0 Å². The Labute approximate surface area is 248 Å². The molecule has 5 rings (SSSR count). The number of phenolic OH excluding ortho intramolecular Hbond substituents is 1. The number of carbonyl (C=O) groups is 4. The summed E-state index contributed by atoms with van der Waals surface area (Å²) in [5, 5.41) is 36.0. The third-order valence-electron chi connectivity index (χ3n) is 8.55. The number of rotatable bonds is 6. The molecule has 3 aliphatic rings. The van der Waals surface area contributed by atoms with E-state index in [1.54, 1.807) is 63.2 Å². The summed E-state index contributed by atoms with van der Waals surface area (Å²) >= 11 is 0. The van der Waals surface area contributed by atoms with Gasteiger partial charge in [-0.25, -0.2) is 0 Å². The highest BCUT2D eigenvalue weighted by atomic mass is 16.3. The lowest BCUT2D eigenvalue weighted by atomic mass is 9.60. The molecule has 0 aromatic heterocycles. The fraction of sp³-hybridized carbons (Fsp3) is 0.375. The number of aliphatic hydroxyl groups excluding tert-OH is 2. The minimum atomic E-state index is -1.24. The lowest BCUT2D eigenvalue weighted by Gasteiger charge is -2.46. The Bertz CT molecular complexity index is 1620. The Kier molecular flexibility index (Phi) is 7.43. The van der Waals surface area contributed by atoms with Crippen LogP contribution in [-0.4, -0.2) is 69.3 Å². The van der Waals surface area contributed by atoms with Crippen molar-refractivity contribution < 1.29 is 34.5 Å². The van der Waals surface area contributed by atoms with Crippen LogP contribution in [0.4, 0.5) is 5.69 Å². The average molecular weight is 589 g/mol. The van der Waals surface area contributed by atoms with Gasteiger partial charge >= 0.3 is 0 Å². The number of aromatic hydroxyl groups is 1. The Morgan fingerprint density at radius 3 is 2.26 bits per heavy atom. The molecule has 2 amide bonds. The zero-order valence-electron chi connectivity index (χ0n) is 24.5. The van der Waals surface area contributed by atoms with Gasteiger partial charge in [0, 0.05) is 23.2 Å². The number of Topliss-reactive ketones (excluding diaryl/α,β-unsaturated/α-hetero) is 2. The Balaban J connectivity index is 1.54. The van der Waals surface area contributed by atoms with Gasteiger partial charge < -0.3 is 32.1 Å². The van der Waals surface area contributed by atoms with E-state index < -0.39 is 63.9 Å². The van der Waals surface area contributed by atoms with Crippen LogP contribution in [-0.2, 0) is 20.8 Å². The maximum atomic E-state index is 13.9. The van der Waals surface area contributed by atoms with Gasteiger partial charge in [0.05, 0.1) is 17.5 Å². The summed E-state index contributed by atoms with van der Waals surface area (Å²) < 4.78 is 0. The Hall–Kier alpha value is -4.48. The molecule has 8 N–H and O–H groups in total. The number of amides is 2.